The van der Waals surface area contributed by atoms with E-state index in [1.54, 1.807) is 12.1 Å². The number of hydrogen-bond donors (Lipinski definition) is 0. The molecule has 0 N–H and O–H groups in total. The molecule has 0 heterocycles. The summed E-state index contributed by atoms with van der Waals surface area (Å²) in [5.74, 6) is 0. The average Bonchev–Trinajstić information content (AvgIpc) is 2.58. The van der Waals surface area contributed by atoms with E-state index in [0.29, 0.717) is 19.8 Å². The second kappa shape index (κ2) is 9.54. The van der Waals surface area contributed by atoms with Gasteiger partial charge in [-0.15, -0.1) is 0 Å². The third-order valence-corrected chi connectivity index (χ3v) is 4.54. The lowest BCUT2D eigenvalue weighted by Crippen LogP contribution is -2.13. The van der Waals surface area contributed by atoms with Gasteiger partial charge in [0, 0.05) is 0 Å². The lowest BCUT2D eigenvalue weighted by atomic mass is 10.2. The first-order chi connectivity index (χ1) is 11.6. The maximum atomic E-state index is 12.0. The van der Waals surface area contributed by atoms with Crippen LogP contribution in [-0.2, 0) is 30.4 Å². The van der Waals surface area contributed by atoms with Gasteiger partial charge in [0.05, 0.1) is 37.9 Å². The summed E-state index contributed by atoms with van der Waals surface area (Å²) in [5, 5.41) is 0. The summed E-state index contributed by atoms with van der Waals surface area (Å²) >= 11 is 0. The molecule has 6 heteroatoms. The SMILES string of the molecule is Cc1cccc(S(=O)(=O)OCCOCCOCc2ccccc2)c1. The van der Waals surface area contributed by atoms with E-state index in [4.69, 9.17) is 13.7 Å². The van der Waals surface area contributed by atoms with Gasteiger partial charge in [-0.3, -0.25) is 4.18 Å². The van der Waals surface area contributed by atoms with Crippen LogP contribution in [0.1, 0.15) is 11.1 Å². The van der Waals surface area contributed by atoms with Crippen LogP contribution in [0.4, 0.5) is 0 Å². The normalized spacial score (nSPS) is 11.5. The smallest absolute Gasteiger partial charge is 0.297 e. The van der Waals surface area contributed by atoms with Crippen molar-refractivity contribution in [3.05, 3.63) is 65.7 Å². The fourth-order valence-corrected chi connectivity index (χ4v) is 3.02. The summed E-state index contributed by atoms with van der Waals surface area (Å²) < 4.78 is 39.7. The highest BCUT2D eigenvalue weighted by Crippen LogP contribution is 2.13. The molecular weight excluding hydrogens is 328 g/mol. The van der Waals surface area contributed by atoms with Gasteiger partial charge in [-0.05, 0) is 30.2 Å². The first-order valence-corrected chi connectivity index (χ1v) is 9.14. The van der Waals surface area contributed by atoms with Crippen molar-refractivity contribution in [3.63, 3.8) is 0 Å². The van der Waals surface area contributed by atoms with Gasteiger partial charge in [0.2, 0.25) is 0 Å². The quantitative estimate of drug-likeness (QED) is 0.487. The van der Waals surface area contributed by atoms with Gasteiger partial charge in [-0.2, -0.15) is 8.42 Å². The van der Waals surface area contributed by atoms with Crippen LogP contribution in [0, 0.1) is 6.92 Å². The van der Waals surface area contributed by atoms with E-state index in [1.807, 2.05) is 43.3 Å². The van der Waals surface area contributed by atoms with Gasteiger partial charge in [-0.1, -0.05) is 42.5 Å². The van der Waals surface area contributed by atoms with Crippen LogP contribution < -0.4 is 0 Å². The Balaban J connectivity index is 1.58. The summed E-state index contributed by atoms with van der Waals surface area (Å²) in [6, 6.07) is 16.5. The Hall–Kier alpha value is -1.73. The first-order valence-electron chi connectivity index (χ1n) is 7.73. The molecule has 24 heavy (non-hydrogen) atoms. The molecule has 130 valence electrons. The lowest BCUT2D eigenvalue weighted by Gasteiger charge is -2.08. The molecule has 0 fully saturated rings. The summed E-state index contributed by atoms with van der Waals surface area (Å²) in [6.07, 6.45) is 0. The van der Waals surface area contributed by atoms with Crippen LogP contribution in [0.25, 0.3) is 0 Å². The van der Waals surface area contributed by atoms with Gasteiger partial charge < -0.3 is 9.47 Å². The van der Waals surface area contributed by atoms with E-state index in [1.165, 1.54) is 6.07 Å². The molecule has 5 nitrogen and oxygen atoms in total. The molecule has 0 aliphatic heterocycles. The second-order valence-corrected chi connectivity index (χ2v) is 6.86. The molecule has 0 bridgehead atoms. The Morgan fingerprint density at radius 1 is 0.833 bits per heavy atom. The minimum Gasteiger partial charge on any atom is -0.377 e. The number of aryl methyl sites for hydroxylation is 1. The number of ether oxygens (including phenoxy) is 2. The van der Waals surface area contributed by atoms with Crippen LogP contribution in [-0.4, -0.2) is 34.8 Å². The molecule has 2 aromatic carbocycles. The van der Waals surface area contributed by atoms with E-state index >= 15 is 0 Å². The summed E-state index contributed by atoms with van der Waals surface area (Å²) in [7, 11) is -3.73. The molecule has 0 unspecified atom stereocenters. The van der Waals surface area contributed by atoms with Crippen LogP contribution in [0.5, 0.6) is 0 Å². The van der Waals surface area contributed by atoms with E-state index in [0.717, 1.165) is 11.1 Å². The van der Waals surface area contributed by atoms with Crippen molar-refractivity contribution in [1.29, 1.82) is 0 Å². The molecule has 0 saturated carbocycles. The summed E-state index contributed by atoms with van der Waals surface area (Å²) in [5.41, 5.74) is 1.97. The van der Waals surface area contributed by atoms with Crippen LogP contribution >= 0.6 is 0 Å². The molecule has 0 amide bonds. The van der Waals surface area contributed by atoms with Crippen LogP contribution in [0.15, 0.2) is 59.5 Å². The predicted octanol–water partition coefficient (Wildman–Crippen LogP) is 2.93. The van der Waals surface area contributed by atoms with Crippen molar-refractivity contribution in [2.75, 3.05) is 26.4 Å². The number of benzene rings is 2. The van der Waals surface area contributed by atoms with Gasteiger partial charge in [0.25, 0.3) is 10.1 Å². The fraction of sp³-hybridized carbons (Fsp3) is 0.333. The standard InChI is InChI=1S/C18H22O5S/c1-16-6-5-9-18(14-16)24(19,20)23-13-12-21-10-11-22-15-17-7-3-2-4-8-17/h2-9,14H,10-13,15H2,1H3. The van der Waals surface area contributed by atoms with Crippen molar-refractivity contribution in [2.45, 2.75) is 18.4 Å². The predicted molar refractivity (Wildman–Crippen MR) is 91.2 cm³/mol. The summed E-state index contributed by atoms with van der Waals surface area (Å²) in [4.78, 5) is 0.161. The Kier molecular flexibility index (Phi) is 7.39. The van der Waals surface area contributed by atoms with Crippen molar-refractivity contribution in [3.8, 4) is 0 Å². The van der Waals surface area contributed by atoms with E-state index < -0.39 is 10.1 Å². The lowest BCUT2D eigenvalue weighted by molar-refractivity contribution is 0.0310. The molecule has 0 aromatic heterocycles. The van der Waals surface area contributed by atoms with Crippen molar-refractivity contribution >= 4 is 10.1 Å². The molecule has 0 saturated heterocycles. The monoisotopic (exact) mass is 350 g/mol. The Morgan fingerprint density at radius 2 is 1.54 bits per heavy atom. The number of rotatable bonds is 10. The van der Waals surface area contributed by atoms with Crippen LogP contribution in [0.2, 0.25) is 0 Å². The molecule has 0 aliphatic rings. The average molecular weight is 350 g/mol. The molecule has 0 spiro atoms. The van der Waals surface area contributed by atoms with Crippen LogP contribution in [0.3, 0.4) is 0 Å². The maximum absolute atomic E-state index is 12.0. The van der Waals surface area contributed by atoms with Gasteiger partial charge in [0.15, 0.2) is 0 Å². The van der Waals surface area contributed by atoms with Crippen molar-refractivity contribution in [2.24, 2.45) is 0 Å². The highest BCUT2D eigenvalue weighted by Gasteiger charge is 2.14. The molecule has 2 rings (SSSR count). The molecule has 0 radical (unpaired) electrons. The Morgan fingerprint density at radius 3 is 2.29 bits per heavy atom. The topological polar surface area (TPSA) is 61.8 Å². The van der Waals surface area contributed by atoms with E-state index in [2.05, 4.69) is 0 Å². The van der Waals surface area contributed by atoms with E-state index in [9.17, 15) is 8.42 Å². The van der Waals surface area contributed by atoms with Gasteiger partial charge >= 0.3 is 0 Å². The molecule has 0 atom stereocenters. The van der Waals surface area contributed by atoms with Crippen molar-refractivity contribution < 1.29 is 22.1 Å². The number of hydrogen-bond acceptors (Lipinski definition) is 5. The molecular formula is C18H22O5S. The second-order valence-electron chi connectivity index (χ2n) is 5.24. The third kappa shape index (κ3) is 6.41. The zero-order valence-electron chi connectivity index (χ0n) is 13.7. The minimum atomic E-state index is -3.73. The third-order valence-electron chi connectivity index (χ3n) is 3.23. The first kappa shape index (κ1) is 18.6. The van der Waals surface area contributed by atoms with Gasteiger partial charge in [0.1, 0.15) is 0 Å². The fourth-order valence-electron chi connectivity index (χ4n) is 2.03. The highest BCUT2D eigenvalue weighted by molar-refractivity contribution is 7.86. The van der Waals surface area contributed by atoms with Gasteiger partial charge in [-0.25, -0.2) is 0 Å². The summed E-state index contributed by atoms with van der Waals surface area (Å²) in [6.45, 7) is 3.37. The van der Waals surface area contributed by atoms with E-state index in [-0.39, 0.29) is 18.1 Å². The zero-order chi connectivity index (χ0) is 17.3. The minimum absolute atomic E-state index is 0.0189. The largest absolute Gasteiger partial charge is 0.377 e. The van der Waals surface area contributed by atoms with Crippen molar-refractivity contribution in [1.82, 2.24) is 0 Å². The molecule has 2 aromatic rings. The Labute approximate surface area is 143 Å². The molecule has 0 aliphatic carbocycles. The Bertz CT molecular complexity index is 713. The maximum Gasteiger partial charge on any atom is 0.297 e. The zero-order valence-corrected chi connectivity index (χ0v) is 14.5. The highest BCUT2D eigenvalue weighted by atomic mass is 32.2.